The molecule has 1 aliphatic carbocycles. The van der Waals surface area contributed by atoms with Crippen LogP contribution in [0.2, 0.25) is 0 Å². The first-order valence-corrected chi connectivity index (χ1v) is 5.29. The maximum atomic E-state index is 11.4. The van der Waals surface area contributed by atoms with E-state index in [1.165, 1.54) is 0 Å². The summed E-state index contributed by atoms with van der Waals surface area (Å²) in [6.07, 6.45) is 3.32. The summed E-state index contributed by atoms with van der Waals surface area (Å²) < 4.78 is 0. The van der Waals surface area contributed by atoms with Crippen LogP contribution in [-0.4, -0.2) is 18.4 Å². The molecule has 2 rings (SSSR count). The highest BCUT2D eigenvalue weighted by atomic mass is 16.1. The lowest BCUT2D eigenvalue weighted by Crippen LogP contribution is -2.52. The van der Waals surface area contributed by atoms with Crippen molar-refractivity contribution in [2.75, 3.05) is 6.54 Å². The number of nitrogens with zero attached hydrogens (tertiary/aromatic N) is 1. The number of nitriles is 1. The maximum Gasteiger partial charge on any atom is 0.133 e. The predicted octanol–water partition coefficient (Wildman–Crippen LogP) is 1.25. The minimum Gasteiger partial charge on any atom is -0.301 e. The highest BCUT2D eigenvalue weighted by molar-refractivity contribution is 5.80. The number of rotatable bonds is 0. The Morgan fingerprint density at radius 1 is 1.64 bits per heavy atom. The van der Waals surface area contributed by atoms with Gasteiger partial charge in [0.15, 0.2) is 0 Å². The smallest absolute Gasteiger partial charge is 0.133 e. The van der Waals surface area contributed by atoms with Gasteiger partial charge in [0.05, 0.1) is 12.1 Å². The van der Waals surface area contributed by atoms with E-state index in [-0.39, 0.29) is 11.5 Å². The quantitative estimate of drug-likeness (QED) is 0.628. The molecule has 14 heavy (non-hydrogen) atoms. The van der Waals surface area contributed by atoms with Gasteiger partial charge in [-0.2, -0.15) is 5.26 Å². The maximum absolute atomic E-state index is 11.4. The fourth-order valence-corrected chi connectivity index (χ4v) is 2.80. The van der Waals surface area contributed by atoms with E-state index >= 15 is 0 Å². The van der Waals surface area contributed by atoms with Crippen molar-refractivity contribution in [3.8, 4) is 6.07 Å². The second-order valence-electron chi connectivity index (χ2n) is 4.90. The van der Waals surface area contributed by atoms with Crippen LogP contribution in [0.3, 0.4) is 0 Å². The zero-order chi connectivity index (χ0) is 10.2. The zero-order valence-electron chi connectivity index (χ0n) is 8.55. The number of hydrogen-bond donors (Lipinski definition) is 1. The number of carbonyl (C=O) groups excluding carboxylic acids is 1. The monoisotopic (exact) mass is 192 g/mol. The number of carbonyl (C=O) groups is 1. The number of ketones is 1. The summed E-state index contributed by atoms with van der Waals surface area (Å²) in [7, 11) is 0. The summed E-state index contributed by atoms with van der Waals surface area (Å²) in [6.45, 7) is 3.00. The van der Waals surface area contributed by atoms with Crippen molar-refractivity contribution >= 4 is 5.78 Å². The number of piperidine rings is 1. The molecule has 0 radical (unpaired) electrons. The minimum absolute atomic E-state index is 0.00118. The molecule has 3 heteroatoms. The predicted molar refractivity (Wildman–Crippen MR) is 52.5 cm³/mol. The molecule has 0 aromatic heterocycles. The van der Waals surface area contributed by atoms with Gasteiger partial charge in [-0.15, -0.1) is 0 Å². The van der Waals surface area contributed by atoms with Crippen molar-refractivity contribution in [2.24, 2.45) is 11.3 Å². The molecule has 3 atom stereocenters. The van der Waals surface area contributed by atoms with Gasteiger partial charge in [-0.25, -0.2) is 0 Å². The van der Waals surface area contributed by atoms with E-state index in [2.05, 4.69) is 18.3 Å². The molecule has 1 aliphatic heterocycles. The van der Waals surface area contributed by atoms with E-state index in [1.54, 1.807) is 0 Å². The molecule has 0 aromatic carbocycles. The second kappa shape index (κ2) is 3.36. The molecule has 1 N–H and O–H groups in total. The lowest BCUT2D eigenvalue weighted by atomic mass is 9.63. The highest BCUT2D eigenvalue weighted by Crippen LogP contribution is 2.43. The Morgan fingerprint density at radius 2 is 2.43 bits per heavy atom. The second-order valence-corrected chi connectivity index (χ2v) is 4.90. The number of fused-ring (bicyclic) bond motifs is 1. The van der Waals surface area contributed by atoms with Crippen LogP contribution in [0.15, 0.2) is 0 Å². The Labute approximate surface area is 84.5 Å². The molecule has 1 saturated carbocycles. The minimum atomic E-state index is 0.00118. The van der Waals surface area contributed by atoms with Crippen molar-refractivity contribution in [2.45, 2.75) is 38.6 Å². The van der Waals surface area contributed by atoms with Crippen LogP contribution in [0.1, 0.15) is 32.6 Å². The molecule has 2 aliphatic rings. The molecule has 0 spiro atoms. The summed E-state index contributed by atoms with van der Waals surface area (Å²) >= 11 is 0. The van der Waals surface area contributed by atoms with Gasteiger partial charge in [0.1, 0.15) is 5.78 Å². The standard InChI is InChI=1S/C11H16N2O/c1-11-5-10(14)3-2-8(11)4-9(6-12)13-7-11/h8-9,13H,2-5,7H2,1H3. The Balaban J connectivity index is 2.11. The molecule has 1 saturated heterocycles. The van der Waals surface area contributed by atoms with Gasteiger partial charge in [-0.05, 0) is 24.2 Å². The van der Waals surface area contributed by atoms with Crippen LogP contribution in [0.25, 0.3) is 0 Å². The largest absolute Gasteiger partial charge is 0.301 e. The third-order valence-electron chi connectivity index (χ3n) is 3.79. The molecule has 0 aromatic rings. The van der Waals surface area contributed by atoms with Crippen LogP contribution >= 0.6 is 0 Å². The first-order valence-electron chi connectivity index (χ1n) is 5.29. The Morgan fingerprint density at radius 3 is 3.14 bits per heavy atom. The van der Waals surface area contributed by atoms with Crippen molar-refractivity contribution in [1.82, 2.24) is 5.32 Å². The summed E-state index contributed by atoms with van der Waals surface area (Å²) in [6, 6.07) is 2.27. The van der Waals surface area contributed by atoms with Crippen molar-refractivity contribution < 1.29 is 4.79 Å². The van der Waals surface area contributed by atoms with Crippen LogP contribution < -0.4 is 5.32 Å². The fourth-order valence-electron chi connectivity index (χ4n) is 2.80. The van der Waals surface area contributed by atoms with Gasteiger partial charge in [-0.1, -0.05) is 6.92 Å². The number of hydrogen-bond acceptors (Lipinski definition) is 3. The Bertz CT molecular complexity index is 294. The van der Waals surface area contributed by atoms with Gasteiger partial charge >= 0.3 is 0 Å². The molecule has 2 fully saturated rings. The molecule has 1 heterocycles. The van der Waals surface area contributed by atoms with E-state index in [1.807, 2.05) is 0 Å². The van der Waals surface area contributed by atoms with Crippen molar-refractivity contribution in [1.29, 1.82) is 5.26 Å². The normalized spacial score (nSPS) is 42.7. The molecule has 76 valence electrons. The van der Waals surface area contributed by atoms with Crippen LogP contribution in [0.5, 0.6) is 0 Å². The summed E-state index contributed by atoms with van der Waals surface area (Å²) in [5.74, 6) is 0.951. The average Bonchev–Trinajstić information content (AvgIpc) is 2.16. The van der Waals surface area contributed by atoms with Crippen LogP contribution in [0.4, 0.5) is 0 Å². The van der Waals surface area contributed by atoms with Crippen molar-refractivity contribution in [3.05, 3.63) is 0 Å². The number of nitrogens with one attached hydrogen (secondary N) is 1. The SMILES string of the molecule is CC12CNC(C#N)CC1CCC(=O)C2. The molecular weight excluding hydrogens is 176 g/mol. The first-order chi connectivity index (χ1) is 6.64. The van der Waals surface area contributed by atoms with Crippen LogP contribution in [0, 0.1) is 22.7 Å². The lowest BCUT2D eigenvalue weighted by molar-refractivity contribution is -0.126. The summed E-state index contributed by atoms with van der Waals surface area (Å²) in [5.41, 5.74) is 0.114. The average molecular weight is 192 g/mol. The molecule has 3 nitrogen and oxygen atoms in total. The molecule has 0 amide bonds. The lowest BCUT2D eigenvalue weighted by Gasteiger charge is -2.46. The summed E-state index contributed by atoms with van der Waals surface area (Å²) in [5, 5.41) is 12.1. The third-order valence-corrected chi connectivity index (χ3v) is 3.79. The topological polar surface area (TPSA) is 52.9 Å². The van der Waals surface area contributed by atoms with E-state index < -0.39 is 0 Å². The van der Waals surface area contributed by atoms with Gasteiger partial charge in [0.2, 0.25) is 0 Å². The van der Waals surface area contributed by atoms with E-state index in [0.717, 1.165) is 25.8 Å². The van der Waals surface area contributed by atoms with Crippen LogP contribution in [-0.2, 0) is 4.79 Å². The summed E-state index contributed by atoms with van der Waals surface area (Å²) in [4.78, 5) is 11.4. The molecule has 3 unspecified atom stereocenters. The Hall–Kier alpha value is -0.880. The zero-order valence-corrected chi connectivity index (χ0v) is 8.55. The highest BCUT2D eigenvalue weighted by Gasteiger charge is 2.43. The van der Waals surface area contributed by atoms with Gasteiger partial charge in [0, 0.05) is 19.4 Å². The van der Waals surface area contributed by atoms with E-state index in [0.29, 0.717) is 18.1 Å². The van der Waals surface area contributed by atoms with Gasteiger partial charge < -0.3 is 5.32 Å². The molecular formula is C11H16N2O. The van der Waals surface area contributed by atoms with E-state index in [9.17, 15) is 4.79 Å². The fraction of sp³-hybridized carbons (Fsp3) is 0.818. The number of Topliss-reactive ketones (excluding diaryl/α,β-unsaturated/α-hetero) is 1. The third kappa shape index (κ3) is 1.55. The first kappa shape index (κ1) is 9.67. The van der Waals surface area contributed by atoms with Gasteiger partial charge in [0.25, 0.3) is 0 Å². The van der Waals surface area contributed by atoms with Crippen molar-refractivity contribution in [3.63, 3.8) is 0 Å². The Kier molecular flexibility index (Phi) is 2.32. The van der Waals surface area contributed by atoms with E-state index in [4.69, 9.17) is 5.26 Å². The molecule has 0 bridgehead atoms. The van der Waals surface area contributed by atoms with Gasteiger partial charge in [-0.3, -0.25) is 4.79 Å².